The number of carboxylic acid groups (broad SMARTS) is 1. The molecule has 0 aromatic rings. The van der Waals surface area contributed by atoms with Crippen LogP contribution in [0.5, 0.6) is 0 Å². The van der Waals surface area contributed by atoms with E-state index in [0.717, 1.165) is 96.3 Å². The van der Waals surface area contributed by atoms with Gasteiger partial charge in [0, 0.05) is 12.8 Å². The molecule has 0 saturated heterocycles. The molecule has 75 heavy (non-hydrogen) atoms. The Labute approximate surface area is 462 Å². The Bertz CT molecular complexity index is 1460. The van der Waals surface area contributed by atoms with Crippen LogP contribution in [0.3, 0.4) is 0 Å². The molecule has 1 N–H and O–H groups in total. The summed E-state index contributed by atoms with van der Waals surface area (Å²) in [6.45, 7) is 4.70. The summed E-state index contributed by atoms with van der Waals surface area (Å²) in [6.07, 6.45) is 71.6. The van der Waals surface area contributed by atoms with E-state index in [4.69, 9.17) is 18.9 Å². The molecule has 0 spiro atoms. The lowest BCUT2D eigenvalue weighted by atomic mass is 10.0. The van der Waals surface area contributed by atoms with E-state index in [2.05, 4.69) is 86.8 Å². The highest BCUT2D eigenvalue weighted by Crippen LogP contribution is 2.17. The Morgan fingerprint density at radius 1 is 0.413 bits per heavy atom. The largest absolute Gasteiger partial charge is 0.477 e. The minimum Gasteiger partial charge on any atom is -0.477 e. The van der Waals surface area contributed by atoms with Crippen molar-refractivity contribution in [3.8, 4) is 0 Å². The fourth-order valence-electron chi connectivity index (χ4n) is 8.69. The van der Waals surface area contributed by atoms with Crippen LogP contribution < -0.4 is 0 Å². The molecule has 0 amide bonds. The number of aliphatic carboxylic acids is 1. The van der Waals surface area contributed by atoms with E-state index in [0.29, 0.717) is 11.0 Å². The molecule has 2 unspecified atom stereocenters. The van der Waals surface area contributed by atoms with Crippen molar-refractivity contribution < 1.29 is 42.9 Å². The first-order valence-electron chi connectivity index (χ1n) is 31.1. The van der Waals surface area contributed by atoms with E-state index in [1.807, 2.05) is 21.1 Å². The van der Waals surface area contributed by atoms with Gasteiger partial charge in [0.05, 0.1) is 34.4 Å². The van der Waals surface area contributed by atoms with Crippen LogP contribution in [0.4, 0.5) is 0 Å². The van der Waals surface area contributed by atoms with Gasteiger partial charge in [-0.25, -0.2) is 4.79 Å². The Balaban J connectivity index is 3.98. The van der Waals surface area contributed by atoms with E-state index in [1.54, 1.807) is 0 Å². The lowest BCUT2D eigenvalue weighted by Crippen LogP contribution is -2.40. The third-order valence-electron chi connectivity index (χ3n) is 13.4. The summed E-state index contributed by atoms with van der Waals surface area (Å²) in [5, 5.41) is 9.69. The Morgan fingerprint density at radius 3 is 1.13 bits per heavy atom. The molecule has 0 aliphatic carbocycles. The van der Waals surface area contributed by atoms with Gasteiger partial charge >= 0.3 is 17.9 Å². The zero-order chi connectivity index (χ0) is 54.8. The number of ether oxygens (including phenoxy) is 4. The first kappa shape index (κ1) is 71.7. The summed E-state index contributed by atoms with van der Waals surface area (Å²) in [6, 6.07) is 0. The van der Waals surface area contributed by atoms with Crippen LogP contribution in [-0.2, 0) is 33.3 Å². The van der Waals surface area contributed by atoms with Gasteiger partial charge in [-0.3, -0.25) is 9.59 Å². The lowest BCUT2D eigenvalue weighted by molar-refractivity contribution is -0.870. The molecule has 2 atom stereocenters. The number of carbonyl (C=O) groups excluding carboxylic acids is 2. The van der Waals surface area contributed by atoms with E-state index in [-0.39, 0.29) is 38.6 Å². The second-order valence-electron chi connectivity index (χ2n) is 22.0. The predicted molar refractivity (Wildman–Crippen MR) is 318 cm³/mol. The van der Waals surface area contributed by atoms with Crippen LogP contribution in [0, 0.1) is 0 Å². The average Bonchev–Trinajstić information content (AvgIpc) is 3.38. The van der Waals surface area contributed by atoms with E-state index < -0.39 is 24.3 Å². The maximum absolute atomic E-state index is 12.9. The third kappa shape index (κ3) is 58.3. The van der Waals surface area contributed by atoms with Crippen molar-refractivity contribution in [2.24, 2.45) is 0 Å². The van der Waals surface area contributed by atoms with Gasteiger partial charge in [-0.1, -0.05) is 254 Å². The third-order valence-corrected chi connectivity index (χ3v) is 13.4. The zero-order valence-electron chi connectivity index (χ0n) is 49.4. The number of carbonyl (C=O) groups is 3. The normalized spacial score (nSPS) is 13.2. The first-order valence-corrected chi connectivity index (χ1v) is 31.1. The van der Waals surface area contributed by atoms with Crippen molar-refractivity contribution in [3.63, 3.8) is 0 Å². The maximum Gasteiger partial charge on any atom is 0.361 e. The quantitative estimate of drug-likeness (QED) is 0.0211. The molecular weight excluding hydrogens is 935 g/mol. The number of hydrogen-bond acceptors (Lipinski definition) is 7. The number of quaternary nitrogens is 1. The molecule has 0 aromatic heterocycles. The standard InChI is InChI=1S/C66H117NO8/c1-6-8-10-12-14-16-18-20-21-22-23-24-25-26-27-28-29-30-31-32-33-34-35-36-37-38-39-40-41-42-43-45-47-49-51-53-55-57-64(69)75-62(61-74-66(65(70)71)72-59-58-67(3,4)5)60-73-63(68)56-54-52-50-48-46-44-19-17-15-13-11-9-7-2/h8,10-11,13-14,16-17,19-21,23-24,62,66H,6-7,9,12,15,18,22,25-61H2,1-5H3/p+1/b10-8-,13-11-,16-14-,19-17-,21-20-,24-23-. The molecule has 9 heteroatoms. The van der Waals surface area contributed by atoms with Crippen LogP contribution in [0.25, 0.3) is 0 Å². The molecule has 434 valence electrons. The maximum atomic E-state index is 12.9. The number of esters is 2. The Kier molecular flexibility index (Phi) is 54.4. The zero-order valence-corrected chi connectivity index (χ0v) is 49.4. The van der Waals surface area contributed by atoms with E-state index in [1.165, 1.54) is 148 Å². The number of likely N-dealkylation sites (N-methyl/N-ethyl adjacent to an activating group) is 1. The van der Waals surface area contributed by atoms with Gasteiger partial charge in [0.1, 0.15) is 13.2 Å². The van der Waals surface area contributed by atoms with Gasteiger partial charge in [-0.15, -0.1) is 0 Å². The summed E-state index contributed by atoms with van der Waals surface area (Å²) in [4.78, 5) is 37.4. The molecule has 0 rings (SSSR count). The summed E-state index contributed by atoms with van der Waals surface area (Å²) < 4.78 is 22.8. The van der Waals surface area contributed by atoms with Gasteiger partial charge in [-0.2, -0.15) is 0 Å². The summed E-state index contributed by atoms with van der Waals surface area (Å²) in [7, 11) is 5.97. The van der Waals surface area contributed by atoms with Crippen LogP contribution in [0.15, 0.2) is 72.9 Å². The number of rotatable bonds is 57. The van der Waals surface area contributed by atoms with Crippen molar-refractivity contribution in [3.05, 3.63) is 72.9 Å². The lowest BCUT2D eigenvalue weighted by Gasteiger charge is -2.25. The smallest absolute Gasteiger partial charge is 0.361 e. The van der Waals surface area contributed by atoms with Crippen molar-refractivity contribution >= 4 is 17.9 Å². The van der Waals surface area contributed by atoms with Gasteiger partial charge < -0.3 is 28.5 Å². The second kappa shape index (κ2) is 56.9. The van der Waals surface area contributed by atoms with Crippen molar-refractivity contribution in [1.29, 1.82) is 0 Å². The minimum atomic E-state index is -1.51. The van der Waals surface area contributed by atoms with Crippen molar-refractivity contribution in [2.75, 3.05) is 47.5 Å². The Morgan fingerprint density at radius 2 is 0.760 bits per heavy atom. The monoisotopic (exact) mass is 1050 g/mol. The van der Waals surface area contributed by atoms with E-state index >= 15 is 0 Å². The Hall–Kier alpha value is -3.27. The highest BCUT2D eigenvalue weighted by atomic mass is 16.7. The van der Waals surface area contributed by atoms with Gasteiger partial charge in [-0.05, 0) is 77.0 Å². The van der Waals surface area contributed by atoms with Crippen LogP contribution >= 0.6 is 0 Å². The van der Waals surface area contributed by atoms with Gasteiger partial charge in [0.2, 0.25) is 0 Å². The number of hydrogen-bond donors (Lipinski definition) is 1. The van der Waals surface area contributed by atoms with E-state index in [9.17, 15) is 19.5 Å². The molecule has 0 saturated carbocycles. The molecule has 9 nitrogen and oxygen atoms in total. The molecule has 0 radical (unpaired) electrons. The summed E-state index contributed by atoms with van der Waals surface area (Å²) in [5.74, 6) is -2.02. The highest BCUT2D eigenvalue weighted by Gasteiger charge is 2.25. The number of allylic oxidation sites excluding steroid dienone is 12. The summed E-state index contributed by atoms with van der Waals surface area (Å²) >= 11 is 0. The number of unbranched alkanes of at least 4 members (excludes halogenated alkanes) is 30. The molecule has 0 aliphatic rings. The second-order valence-corrected chi connectivity index (χ2v) is 22.0. The molecule has 0 fully saturated rings. The number of carboxylic acids is 1. The molecule has 0 aromatic carbocycles. The van der Waals surface area contributed by atoms with Crippen molar-refractivity contribution in [2.45, 2.75) is 283 Å². The fourth-order valence-corrected chi connectivity index (χ4v) is 8.69. The fraction of sp³-hybridized carbons (Fsp3) is 0.773. The molecular formula is C66H118NO8+. The topological polar surface area (TPSA) is 108 Å². The van der Waals surface area contributed by atoms with Gasteiger partial charge in [0.25, 0.3) is 6.29 Å². The van der Waals surface area contributed by atoms with Gasteiger partial charge in [0.15, 0.2) is 6.10 Å². The predicted octanol–water partition coefficient (Wildman–Crippen LogP) is 18.6. The average molecular weight is 1050 g/mol. The number of nitrogens with zero attached hydrogens (tertiary/aromatic N) is 1. The van der Waals surface area contributed by atoms with Crippen molar-refractivity contribution in [1.82, 2.24) is 0 Å². The molecule has 0 aliphatic heterocycles. The summed E-state index contributed by atoms with van der Waals surface area (Å²) in [5.41, 5.74) is 0. The highest BCUT2D eigenvalue weighted by molar-refractivity contribution is 5.71. The molecule has 0 heterocycles. The van der Waals surface area contributed by atoms with Crippen LogP contribution in [-0.4, -0.2) is 87.4 Å². The SMILES string of the molecule is CC/C=C\C/C=C\C/C=C\C/C=C\CCCCCCCCCCCCCCCCCCCCCCCCCCC(=O)OC(COC(=O)CCCCCCC/C=C\C/C=C\CCC)COC(OCC[N+](C)(C)C)C(=O)O. The van der Waals surface area contributed by atoms with Crippen LogP contribution in [0.1, 0.15) is 271 Å². The minimum absolute atomic E-state index is 0.185. The molecule has 0 bridgehead atoms. The van der Waals surface area contributed by atoms with Crippen LogP contribution in [0.2, 0.25) is 0 Å². The first-order chi connectivity index (χ1) is 36.6.